The van der Waals surface area contributed by atoms with E-state index < -0.39 is 0 Å². The third kappa shape index (κ3) is 16.3. The molecule has 0 bridgehead atoms. The Labute approximate surface area is 142 Å². The molecule has 0 saturated heterocycles. The number of nitrogens with one attached hydrogen (secondary N) is 1. The maximum atomic E-state index is 2.31. The first-order valence-electron chi connectivity index (χ1n) is 10.7. The predicted molar refractivity (Wildman–Crippen MR) is 102 cm³/mol. The summed E-state index contributed by atoms with van der Waals surface area (Å²) in [6.07, 6.45) is 21.5. The van der Waals surface area contributed by atoms with Crippen molar-refractivity contribution in [3.05, 3.63) is 0 Å². The minimum absolute atomic E-state index is 1.37. The second kappa shape index (κ2) is 19.0. The third-order valence-electron chi connectivity index (χ3n) is 4.90. The Balaban J connectivity index is 3.72. The van der Waals surface area contributed by atoms with E-state index >= 15 is 0 Å². The smallest absolute Gasteiger partial charge is 0.0770 e. The van der Waals surface area contributed by atoms with Gasteiger partial charge in [-0.15, -0.1) is 0 Å². The van der Waals surface area contributed by atoms with Crippen LogP contribution in [0.4, 0.5) is 0 Å². The molecule has 0 amide bonds. The lowest BCUT2D eigenvalue weighted by Crippen LogP contribution is -3.12. The average molecular weight is 313 g/mol. The first-order chi connectivity index (χ1) is 10.8. The fourth-order valence-corrected chi connectivity index (χ4v) is 3.31. The van der Waals surface area contributed by atoms with Crippen molar-refractivity contribution in [1.82, 2.24) is 0 Å². The van der Waals surface area contributed by atoms with Crippen LogP contribution in [0.15, 0.2) is 0 Å². The molecule has 0 atom stereocenters. The van der Waals surface area contributed by atoms with Gasteiger partial charge in [-0.3, -0.25) is 0 Å². The van der Waals surface area contributed by atoms with Crippen LogP contribution < -0.4 is 4.90 Å². The van der Waals surface area contributed by atoms with Crippen molar-refractivity contribution in [2.45, 2.75) is 117 Å². The van der Waals surface area contributed by atoms with Crippen molar-refractivity contribution >= 4 is 0 Å². The van der Waals surface area contributed by atoms with E-state index in [1.807, 2.05) is 4.90 Å². The van der Waals surface area contributed by atoms with Crippen LogP contribution in [0, 0.1) is 0 Å². The number of quaternary nitrogens is 1. The molecule has 1 nitrogen and oxygen atoms in total. The third-order valence-corrected chi connectivity index (χ3v) is 4.90. The van der Waals surface area contributed by atoms with Gasteiger partial charge in [0.25, 0.3) is 0 Å². The zero-order valence-electron chi connectivity index (χ0n) is 16.2. The molecule has 0 aromatic rings. The second-order valence-electron chi connectivity index (χ2n) is 7.24. The largest absolute Gasteiger partial charge is 0.335 e. The summed E-state index contributed by atoms with van der Waals surface area (Å²) >= 11 is 0. The van der Waals surface area contributed by atoms with Crippen LogP contribution in [0.5, 0.6) is 0 Å². The van der Waals surface area contributed by atoms with Gasteiger partial charge in [0, 0.05) is 0 Å². The summed E-state index contributed by atoms with van der Waals surface area (Å²) in [4.78, 5) is 1.91. The fraction of sp³-hybridized carbons (Fsp3) is 1.00. The normalized spacial score (nSPS) is 11.5. The SMILES string of the molecule is CCCCCCC[NH+](CCCCCCC)CCCCCCC. The molecule has 0 aliphatic heterocycles. The topological polar surface area (TPSA) is 4.44 Å². The zero-order chi connectivity index (χ0) is 16.3. The zero-order valence-corrected chi connectivity index (χ0v) is 16.2. The van der Waals surface area contributed by atoms with Crippen LogP contribution in [0.25, 0.3) is 0 Å². The van der Waals surface area contributed by atoms with E-state index in [0.717, 1.165) is 0 Å². The predicted octanol–water partition coefficient (Wildman–Crippen LogP) is 5.78. The maximum Gasteiger partial charge on any atom is 0.0770 e. The Morgan fingerprint density at radius 1 is 0.364 bits per heavy atom. The summed E-state index contributed by atoms with van der Waals surface area (Å²) in [5.41, 5.74) is 0. The summed E-state index contributed by atoms with van der Waals surface area (Å²) in [5, 5.41) is 0. The van der Waals surface area contributed by atoms with Crippen molar-refractivity contribution in [1.29, 1.82) is 0 Å². The highest BCUT2D eigenvalue weighted by Gasteiger charge is 2.07. The van der Waals surface area contributed by atoms with Crippen molar-refractivity contribution in [2.75, 3.05) is 19.6 Å². The average Bonchev–Trinajstić information content (AvgIpc) is 2.53. The number of hydrogen-bond acceptors (Lipinski definition) is 0. The van der Waals surface area contributed by atoms with E-state index in [4.69, 9.17) is 0 Å². The highest BCUT2D eigenvalue weighted by atomic mass is 15.1. The summed E-state index contributed by atoms with van der Waals surface area (Å²) in [6.45, 7) is 11.2. The van der Waals surface area contributed by atoms with Gasteiger partial charge in [-0.2, -0.15) is 0 Å². The number of rotatable bonds is 18. The van der Waals surface area contributed by atoms with E-state index in [2.05, 4.69) is 20.8 Å². The van der Waals surface area contributed by atoms with Gasteiger partial charge < -0.3 is 4.90 Å². The quantitative estimate of drug-likeness (QED) is 0.306. The van der Waals surface area contributed by atoms with Crippen LogP contribution in [-0.4, -0.2) is 19.6 Å². The summed E-state index contributed by atoms with van der Waals surface area (Å²) in [6, 6.07) is 0. The van der Waals surface area contributed by atoms with Crippen LogP contribution in [0.1, 0.15) is 117 Å². The molecule has 1 N–H and O–H groups in total. The van der Waals surface area contributed by atoms with Crippen LogP contribution in [0.3, 0.4) is 0 Å². The Hall–Kier alpha value is -0.0400. The van der Waals surface area contributed by atoms with Gasteiger partial charge in [-0.25, -0.2) is 0 Å². The van der Waals surface area contributed by atoms with Gasteiger partial charge in [-0.1, -0.05) is 78.6 Å². The maximum absolute atomic E-state index is 2.31. The summed E-state index contributed by atoms with van der Waals surface area (Å²) in [5.74, 6) is 0. The molecule has 0 spiro atoms. The molecular formula is C21H46N+. The molecule has 134 valence electrons. The van der Waals surface area contributed by atoms with Gasteiger partial charge in [0.05, 0.1) is 19.6 Å². The van der Waals surface area contributed by atoms with E-state index in [1.54, 1.807) is 0 Å². The van der Waals surface area contributed by atoms with Crippen LogP contribution >= 0.6 is 0 Å². The lowest BCUT2D eigenvalue weighted by atomic mass is 10.1. The molecule has 0 aromatic heterocycles. The molecule has 0 saturated carbocycles. The molecule has 0 aliphatic rings. The first-order valence-corrected chi connectivity index (χ1v) is 10.7. The molecule has 22 heavy (non-hydrogen) atoms. The molecule has 0 aliphatic carbocycles. The monoisotopic (exact) mass is 312 g/mol. The molecule has 0 radical (unpaired) electrons. The van der Waals surface area contributed by atoms with Gasteiger partial charge in [-0.05, 0) is 38.5 Å². The number of unbranched alkanes of at least 4 members (excludes halogenated alkanes) is 12. The molecule has 0 unspecified atom stereocenters. The van der Waals surface area contributed by atoms with E-state index in [9.17, 15) is 0 Å². The Morgan fingerprint density at radius 3 is 0.909 bits per heavy atom. The molecular weight excluding hydrogens is 266 g/mol. The van der Waals surface area contributed by atoms with Crippen molar-refractivity contribution in [2.24, 2.45) is 0 Å². The number of hydrogen-bond donors (Lipinski definition) is 1. The fourth-order valence-electron chi connectivity index (χ4n) is 3.31. The second-order valence-corrected chi connectivity index (χ2v) is 7.24. The van der Waals surface area contributed by atoms with Crippen LogP contribution in [0.2, 0.25) is 0 Å². The summed E-state index contributed by atoms with van der Waals surface area (Å²) in [7, 11) is 0. The van der Waals surface area contributed by atoms with Crippen molar-refractivity contribution < 1.29 is 4.90 Å². The first kappa shape index (κ1) is 22.0. The van der Waals surface area contributed by atoms with E-state index in [1.165, 1.54) is 116 Å². The van der Waals surface area contributed by atoms with Gasteiger partial charge in [0.1, 0.15) is 0 Å². The standard InChI is InChI=1S/C21H45N/c1-4-7-10-13-16-19-22(20-17-14-11-8-5-2)21-18-15-12-9-6-3/h4-21H2,1-3H3/p+1. The minimum Gasteiger partial charge on any atom is -0.335 e. The lowest BCUT2D eigenvalue weighted by molar-refractivity contribution is -0.900. The highest BCUT2D eigenvalue weighted by molar-refractivity contribution is 4.46. The molecule has 0 fully saturated rings. The van der Waals surface area contributed by atoms with Crippen molar-refractivity contribution in [3.8, 4) is 0 Å². The van der Waals surface area contributed by atoms with Gasteiger partial charge >= 0.3 is 0 Å². The molecule has 1 heteroatoms. The minimum atomic E-state index is 1.37. The van der Waals surface area contributed by atoms with E-state index in [-0.39, 0.29) is 0 Å². The molecule has 0 rings (SSSR count). The molecule has 0 aromatic carbocycles. The van der Waals surface area contributed by atoms with Gasteiger partial charge in [0.15, 0.2) is 0 Å². The molecule has 0 heterocycles. The Bertz CT molecular complexity index is 157. The van der Waals surface area contributed by atoms with Gasteiger partial charge in [0.2, 0.25) is 0 Å². The Kier molecular flexibility index (Phi) is 19.0. The van der Waals surface area contributed by atoms with Crippen molar-refractivity contribution in [3.63, 3.8) is 0 Å². The van der Waals surface area contributed by atoms with Crippen LogP contribution in [-0.2, 0) is 0 Å². The highest BCUT2D eigenvalue weighted by Crippen LogP contribution is 2.03. The Morgan fingerprint density at radius 2 is 0.636 bits per heavy atom. The lowest BCUT2D eigenvalue weighted by Gasteiger charge is -2.19. The summed E-state index contributed by atoms with van der Waals surface area (Å²) < 4.78 is 0. The van der Waals surface area contributed by atoms with E-state index in [0.29, 0.717) is 0 Å².